The molecular formula is C16H21IN2O. The summed E-state index contributed by atoms with van der Waals surface area (Å²) in [5.41, 5.74) is 0.833. The third-order valence-corrected chi connectivity index (χ3v) is 4.82. The SMILES string of the molecule is O=C(c1cccc(I)c1)N(CC1CCCCN1)C1CC1. The maximum absolute atomic E-state index is 12.7. The lowest BCUT2D eigenvalue weighted by atomic mass is 10.0. The number of amides is 1. The first-order chi connectivity index (χ1) is 9.74. The highest BCUT2D eigenvalue weighted by molar-refractivity contribution is 14.1. The Hall–Kier alpha value is -0.620. The van der Waals surface area contributed by atoms with E-state index < -0.39 is 0 Å². The van der Waals surface area contributed by atoms with Crippen molar-refractivity contribution in [3.63, 3.8) is 0 Å². The molecule has 0 spiro atoms. The highest BCUT2D eigenvalue weighted by Gasteiger charge is 2.34. The molecule has 1 heterocycles. The molecule has 1 atom stereocenters. The summed E-state index contributed by atoms with van der Waals surface area (Å²) in [7, 11) is 0. The molecule has 2 fully saturated rings. The van der Waals surface area contributed by atoms with E-state index in [1.807, 2.05) is 24.3 Å². The van der Waals surface area contributed by atoms with Crippen molar-refractivity contribution in [3.8, 4) is 0 Å². The number of halogens is 1. The van der Waals surface area contributed by atoms with Gasteiger partial charge in [-0.3, -0.25) is 4.79 Å². The molecule has 2 aliphatic rings. The predicted octanol–water partition coefficient (Wildman–Crippen LogP) is 3.04. The van der Waals surface area contributed by atoms with Crippen LogP contribution in [0.4, 0.5) is 0 Å². The lowest BCUT2D eigenvalue weighted by Crippen LogP contribution is -2.46. The molecule has 1 aliphatic heterocycles. The molecule has 1 aromatic carbocycles. The molecule has 108 valence electrons. The topological polar surface area (TPSA) is 32.3 Å². The maximum atomic E-state index is 12.7. The van der Waals surface area contributed by atoms with Crippen molar-refractivity contribution in [2.75, 3.05) is 13.1 Å². The fourth-order valence-corrected chi connectivity index (χ4v) is 3.43. The van der Waals surface area contributed by atoms with Crippen LogP contribution in [0.2, 0.25) is 0 Å². The van der Waals surface area contributed by atoms with E-state index >= 15 is 0 Å². The number of nitrogens with one attached hydrogen (secondary N) is 1. The minimum Gasteiger partial charge on any atom is -0.334 e. The Morgan fingerprint density at radius 3 is 2.80 bits per heavy atom. The van der Waals surface area contributed by atoms with Gasteiger partial charge in [0.1, 0.15) is 0 Å². The first kappa shape index (κ1) is 14.3. The van der Waals surface area contributed by atoms with Crippen molar-refractivity contribution in [2.45, 2.75) is 44.2 Å². The van der Waals surface area contributed by atoms with Crippen LogP contribution in [-0.2, 0) is 0 Å². The van der Waals surface area contributed by atoms with Crippen molar-refractivity contribution in [1.29, 1.82) is 0 Å². The average molecular weight is 384 g/mol. The highest BCUT2D eigenvalue weighted by Crippen LogP contribution is 2.29. The van der Waals surface area contributed by atoms with Crippen molar-refractivity contribution in [2.24, 2.45) is 0 Å². The fraction of sp³-hybridized carbons (Fsp3) is 0.562. The molecule has 3 nitrogen and oxygen atoms in total. The van der Waals surface area contributed by atoms with Crippen LogP contribution >= 0.6 is 22.6 Å². The fourth-order valence-electron chi connectivity index (χ4n) is 2.89. The van der Waals surface area contributed by atoms with E-state index in [-0.39, 0.29) is 5.91 Å². The largest absolute Gasteiger partial charge is 0.334 e. The molecule has 1 aliphatic carbocycles. The summed E-state index contributed by atoms with van der Waals surface area (Å²) in [6, 6.07) is 8.89. The molecule has 1 saturated carbocycles. The summed E-state index contributed by atoms with van der Waals surface area (Å²) in [5, 5.41) is 3.55. The zero-order valence-corrected chi connectivity index (χ0v) is 13.8. The lowest BCUT2D eigenvalue weighted by Gasteiger charge is -2.31. The molecule has 1 saturated heterocycles. The molecule has 1 N–H and O–H groups in total. The van der Waals surface area contributed by atoms with Crippen LogP contribution in [0.5, 0.6) is 0 Å². The van der Waals surface area contributed by atoms with Gasteiger partial charge < -0.3 is 10.2 Å². The van der Waals surface area contributed by atoms with Gasteiger partial charge in [-0.25, -0.2) is 0 Å². The van der Waals surface area contributed by atoms with E-state index in [4.69, 9.17) is 0 Å². The summed E-state index contributed by atoms with van der Waals surface area (Å²) < 4.78 is 1.12. The predicted molar refractivity (Wildman–Crippen MR) is 88.9 cm³/mol. The van der Waals surface area contributed by atoms with Gasteiger partial charge in [0.25, 0.3) is 5.91 Å². The van der Waals surface area contributed by atoms with Gasteiger partial charge in [0.05, 0.1) is 0 Å². The lowest BCUT2D eigenvalue weighted by molar-refractivity contribution is 0.0718. The average Bonchev–Trinajstić information content (AvgIpc) is 3.30. The Morgan fingerprint density at radius 1 is 1.30 bits per heavy atom. The van der Waals surface area contributed by atoms with Gasteiger partial charge in [0, 0.05) is 27.8 Å². The van der Waals surface area contributed by atoms with Crippen LogP contribution in [0.25, 0.3) is 0 Å². The maximum Gasteiger partial charge on any atom is 0.254 e. The Morgan fingerprint density at radius 2 is 2.15 bits per heavy atom. The number of rotatable bonds is 4. The van der Waals surface area contributed by atoms with Gasteiger partial charge in [-0.1, -0.05) is 12.5 Å². The van der Waals surface area contributed by atoms with E-state index in [2.05, 4.69) is 32.8 Å². The molecule has 0 bridgehead atoms. The second-order valence-electron chi connectivity index (χ2n) is 5.85. The van der Waals surface area contributed by atoms with E-state index in [9.17, 15) is 4.79 Å². The summed E-state index contributed by atoms with van der Waals surface area (Å²) >= 11 is 2.27. The Labute approximate surface area is 134 Å². The van der Waals surface area contributed by atoms with Gasteiger partial charge in [-0.2, -0.15) is 0 Å². The van der Waals surface area contributed by atoms with E-state index in [0.29, 0.717) is 12.1 Å². The monoisotopic (exact) mass is 384 g/mol. The number of carbonyl (C=O) groups is 1. The van der Waals surface area contributed by atoms with Crippen LogP contribution in [0.3, 0.4) is 0 Å². The van der Waals surface area contributed by atoms with Crippen LogP contribution in [0.1, 0.15) is 42.5 Å². The summed E-state index contributed by atoms with van der Waals surface area (Å²) in [5.74, 6) is 0.207. The zero-order valence-electron chi connectivity index (χ0n) is 11.6. The summed E-state index contributed by atoms with van der Waals surface area (Å²) in [4.78, 5) is 14.9. The van der Waals surface area contributed by atoms with Gasteiger partial charge in [-0.15, -0.1) is 0 Å². The van der Waals surface area contributed by atoms with Crippen LogP contribution < -0.4 is 5.32 Å². The van der Waals surface area contributed by atoms with Crippen molar-refractivity contribution >= 4 is 28.5 Å². The smallest absolute Gasteiger partial charge is 0.254 e. The zero-order chi connectivity index (χ0) is 13.9. The van der Waals surface area contributed by atoms with Gasteiger partial charge in [0.15, 0.2) is 0 Å². The van der Waals surface area contributed by atoms with E-state index in [0.717, 1.165) is 22.2 Å². The quantitative estimate of drug-likeness (QED) is 0.810. The number of carbonyl (C=O) groups excluding carboxylic acids is 1. The van der Waals surface area contributed by atoms with Crippen molar-refractivity contribution < 1.29 is 4.79 Å². The van der Waals surface area contributed by atoms with E-state index in [1.165, 1.54) is 32.1 Å². The third kappa shape index (κ3) is 3.52. The molecule has 1 unspecified atom stereocenters. The van der Waals surface area contributed by atoms with E-state index in [1.54, 1.807) is 0 Å². The van der Waals surface area contributed by atoms with Gasteiger partial charge in [-0.05, 0) is 73.0 Å². The number of benzene rings is 1. The minimum atomic E-state index is 0.207. The molecule has 0 radical (unpaired) electrons. The molecule has 1 amide bonds. The highest BCUT2D eigenvalue weighted by atomic mass is 127. The molecular weight excluding hydrogens is 363 g/mol. The summed E-state index contributed by atoms with van der Waals surface area (Å²) in [6.45, 7) is 1.97. The third-order valence-electron chi connectivity index (χ3n) is 4.15. The molecule has 1 aromatic rings. The normalized spacial score (nSPS) is 22.6. The Kier molecular flexibility index (Phi) is 4.61. The second kappa shape index (κ2) is 6.43. The van der Waals surface area contributed by atoms with Crippen LogP contribution in [-0.4, -0.2) is 36.0 Å². The molecule has 0 aromatic heterocycles. The second-order valence-corrected chi connectivity index (χ2v) is 7.09. The Bertz CT molecular complexity index is 481. The molecule has 20 heavy (non-hydrogen) atoms. The minimum absolute atomic E-state index is 0.207. The summed E-state index contributed by atoms with van der Waals surface area (Å²) in [6.07, 6.45) is 6.09. The number of piperidine rings is 1. The van der Waals surface area contributed by atoms with Crippen LogP contribution in [0, 0.1) is 3.57 Å². The number of hydrogen-bond acceptors (Lipinski definition) is 2. The molecule has 3 rings (SSSR count). The number of nitrogens with zero attached hydrogens (tertiary/aromatic N) is 1. The van der Waals surface area contributed by atoms with Crippen LogP contribution in [0.15, 0.2) is 24.3 Å². The standard InChI is InChI=1S/C16H21IN2O/c17-13-5-3-4-12(10-13)16(20)19(15-7-8-15)11-14-6-1-2-9-18-14/h3-5,10,14-15,18H,1-2,6-9,11H2. The van der Waals surface area contributed by atoms with Crippen molar-refractivity contribution in [3.05, 3.63) is 33.4 Å². The first-order valence-electron chi connectivity index (χ1n) is 7.54. The Balaban J connectivity index is 1.71. The van der Waals surface area contributed by atoms with Gasteiger partial charge in [0.2, 0.25) is 0 Å². The molecule has 4 heteroatoms. The first-order valence-corrected chi connectivity index (χ1v) is 8.62. The van der Waals surface area contributed by atoms with Gasteiger partial charge >= 0.3 is 0 Å². The number of hydrogen-bond donors (Lipinski definition) is 1. The van der Waals surface area contributed by atoms with Crippen molar-refractivity contribution in [1.82, 2.24) is 10.2 Å².